The number of ether oxygens (including phenoxy) is 1. The van der Waals surface area contributed by atoms with Crippen LogP contribution < -0.4 is 4.74 Å². The lowest BCUT2D eigenvalue weighted by Gasteiger charge is -2.03. The Balaban J connectivity index is 0.000000531. The van der Waals surface area contributed by atoms with Crippen LogP contribution in [-0.4, -0.2) is 17.1 Å². The van der Waals surface area contributed by atoms with Gasteiger partial charge in [0.15, 0.2) is 0 Å². The third-order valence-corrected chi connectivity index (χ3v) is 1.95. The van der Waals surface area contributed by atoms with Crippen molar-refractivity contribution in [1.29, 1.82) is 0 Å². The van der Waals surface area contributed by atoms with Crippen molar-refractivity contribution in [2.45, 2.75) is 20.8 Å². The van der Waals surface area contributed by atoms with Gasteiger partial charge in [-0.1, -0.05) is 25.5 Å². The van der Waals surface area contributed by atoms with Gasteiger partial charge in [0.2, 0.25) is 5.88 Å². The van der Waals surface area contributed by atoms with E-state index in [1.165, 1.54) is 11.9 Å². The zero-order valence-corrected chi connectivity index (χ0v) is 9.61. The van der Waals surface area contributed by atoms with E-state index in [9.17, 15) is 0 Å². The van der Waals surface area contributed by atoms with Crippen molar-refractivity contribution in [3.63, 3.8) is 0 Å². The molecule has 1 aromatic carbocycles. The number of hydrogen-bond acceptors (Lipinski definition) is 3. The Bertz CT molecular complexity index is 441. The van der Waals surface area contributed by atoms with E-state index in [0.29, 0.717) is 5.88 Å². The van der Waals surface area contributed by atoms with Gasteiger partial charge in [-0.15, -0.1) is 0 Å². The fourth-order valence-electron chi connectivity index (χ4n) is 1.31. The molecule has 2 aromatic rings. The second-order valence-corrected chi connectivity index (χ2v) is 2.90. The molecule has 0 radical (unpaired) electrons. The summed E-state index contributed by atoms with van der Waals surface area (Å²) in [6.45, 7) is 6.03. The molecule has 0 fully saturated rings. The molecule has 0 spiro atoms. The lowest BCUT2D eigenvalue weighted by Crippen LogP contribution is -1.90. The second kappa shape index (κ2) is 5.29. The highest BCUT2D eigenvalue weighted by molar-refractivity contribution is 5.83. The van der Waals surface area contributed by atoms with Gasteiger partial charge < -0.3 is 4.74 Å². The lowest BCUT2D eigenvalue weighted by molar-refractivity contribution is 0.402. The van der Waals surface area contributed by atoms with E-state index < -0.39 is 0 Å². The van der Waals surface area contributed by atoms with E-state index in [1.54, 1.807) is 7.11 Å². The average Bonchev–Trinajstić information content (AvgIpc) is 2.31. The summed E-state index contributed by atoms with van der Waals surface area (Å²) < 4.78 is 5.13. The number of aromatic nitrogens is 2. The molecule has 0 saturated carbocycles. The Hall–Kier alpha value is -1.64. The van der Waals surface area contributed by atoms with Gasteiger partial charge in [-0.05, 0) is 19.1 Å². The van der Waals surface area contributed by atoms with Crippen molar-refractivity contribution >= 4 is 10.9 Å². The molecule has 0 atom stereocenters. The third-order valence-electron chi connectivity index (χ3n) is 1.95. The molecule has 0 saturated heterocycles. The summed E-state index contributed by atoms with van der Waals surface area (Å²) in [5.74, 6) is 0.633. The largest absolute Gasteiger partial charge is 0.480 e. The molecule has 1 aromatic heterocycles. The number of rotatable bonds is 1. The third kappa shape index (κ3) is 2.43. The Morgan fingerprint density at radius 3 is 2.53 bits per heavy atom. The summed E-state index contributed by atoms with van der Waals surface area (Å²) in [7, 11) is 1.62. The summed E-state index contributed by atoms with van der Waals surface area (Å²) in [5.41, 5.74) is 2.10. The number of methoxy groups -OCH3 is 1. The first kappa shape index (κ1) is 11.4. The van der Waals surface area contributed by atoms with Crippen LogP contribution in [0.4, 0.5) is 0 Å². The SMILES string of the molecule is CC.COc1ncnc2ccc(C)cc12. The summed E-state index contributed by atoms with van der Waals surface area (Å²) in [5, 5.41) is 0.963. The standard InChI is InChI=1S/C10H10N2O.C2H6/c1-7-3-4-9-8(5-7)10(13-2)12-6-11-9;1-2/h3-6H,1-2H3;1-2H3. The van der Waals surface area contributed by atoms with Crippen molar-refractivity contribution in [3.05, 3.63) is 30.1 Å². The topological polar surface area (TPSA) is 35.0 Å². The van der Waals surface area contributed by atoms with Gasteiger partial charge in [0.25, 0.3) is 0 Å². The first-order valence-corrected chi connectivity index (χ1v) is 5.06. The normalized spacial score (nSPS) is 9.33. The number of benzene rings is 1. The molecule has 3 heteroatoms. The van der Waals surface area contributed by atoms with Gasteiger partial charge in [0.1, 0.15) is 6.33 Å². The summed E-state index contributed by atoms with van der Waals surface area (Å²) in [6, 6.07) is 6.01. The van der Waals surface area contributed by atoms with Crippen LogP contribution in [0, 0.1) is 6.92 Å². The van der Waals surface area contributed by atoms with Crippen molar-refractivity contribution < 1.29 is 4.74 Å². The molecule has 0 aliphatic heterocycles. The van der Waals surface area contributed by atoms with Crippen LogP contribution in [-0.2, 0) is 0 Å². The highest BCUT2D eigenvalue weighted by atomic mass is 16.5. The Labute approximate surface area is 90.1 Å². The summed E-state index contributed by atoms with van der Waals surface area (Å²) >= 11 is 0. The van der Waals surface area contributed by atoms with Crippen LogP contribution in [0.2, 0.25) is 0 Å². The molecule has 0 amide bonds. The molecule has 0 bridgehead atoms. The lowest BCUT2D eigenvalue weighted by atomic mass is 10.2. The monoisotopic (exact) mass is 204 g/mol. The van der Waals surface area contributed by atoms with Gasteiger partial charge in [0, 0.05) is 0 Å². The zero-order chi connectivity index (χ0) is 11.3. The predicted molar refractivity (Wildman–Crippen MR) is 62.2 cm³/mol. The molecule has 0 unspecified atom stereocenters. The van der Waals surface area contributed by atoms with Gasteiger partial charge in [-0.25, -0.2) is 9.97 Å². The molecule has 1 heterocycles. The fraction of sp³-hybridized carbons (Fsp3) is 0.333. The van der Waals surface area contributed by atoms with Crippen molar-refractivity contribution in [2.24, 2.45) is 0 Å². The van der Waals surface area contributed by atoms with E-state index in [0.717, 1.165) is 10.9 Å². The maximum atomic E-state index is 5.13. The molecular formula is C12H16N2O. The first-order chi connectivity index (χ1) is 7.31. The van der Waals surface area contributed by atoms with E-state index >= 15 is 0 Å². The van der Waals surface area contributed by atoms with Crippen LogP contribution in [0.5, 0.6) is 5.88 Å². The van der Waals surface area contributed by atoms with E-state index in [-0.39, 0.29) is 0 Å². The quantitative estimate of drug-likeness (QED) is 0.716. The Morgan fingerprint density at radius 1 is 1.13 bits per heavy atom. The van der Waals surface area contributed by atoms with E-state index in [1.807, 2.05) is 39.0 Å². The maximum Gasteiger partial charge on any atom is 0.224 e. The van der Waals surface area contributed by atoms with E-state index in [4.69, 9.17) is 4.74 Å². The van der Waals surface area contributed by atoms with Crippen LogP contribution in [0.3, 0.4) is 0 Å². The molecule has 15 heavy (non-hydrogen) atoms. The fourth-order valence-corrected chi connectivity index (χ4v) is 1.31. The molecule has 0 aliphatic carbocycles. The van der Waals surface area contributed by atoms with Gasteiger partial charge in [-0.3, -0.25) is 0 Å². The Morgan fingerprint density at radius 2 is 1.87 bits per heavy atom. The minimum absolute atomic E-state index is 0.633. The number of fused-ring (bicyclic) bond motifs is 1. The molecule has 0 aliphatic rings. The highest BCUT2D eigenvalue weighted by Gasteiger charge is 2.02. The van der Waals surface area contributed by atoms with Crippen LogP contribution >= 0.6 is 0 Å². The van der Waals surface area contributed by atoms with Crippen molar-refractivity contribution in [1.82, 2.24) is 9.97 Å². The van der Waals surface area contributed by atoms with Crippen molar-refractivity contribution in [3.8, 4) is 5.88 Å². The number of hydrogen-bond donors (Lipinski definition) is 0. The number of aryl methyl sites for hydroxylation is 1. The highest BCUT2D eigenvalue weighted by Crippen LogP contribution is 2.21. The molecule has 3 nitrogen and oxygen atoms in total. The summed E-state index contributed by atoms with van der Waals surface area (Å²) in [4.78, 5) is 8.17. The molecule has 2 rings (SSSR count). The van der Waals surface area contributed by atoms with Crippen LogP contribution in [0.25, 0.3) is 10.9 Å². The average molecular weight is 204 g/mol. The maximum absolute atomic E-state index is 5.13. The zero-order valence-electron chi connectivity index (χ0n) is 9.61. The summed E-state index contributed by atoms with van der Waals surface area (Å²) in [6.07, 6.45) is 1.51. The predicted octanol–water partition coefficient (Wildman–Crippen LogP) is 2.97. The molecular weight excluding hydrogens is 188 g/mol. The number of nitrogens with zero attached hydrogens (tertiary/aromatic N) is 2. The second-order valence-electron chi connectivity index (χ2n) is 2.90. The van der Waals surface area contributed by atoms with Gasteiger partial charge in [-0.2, -0.15) is 0 Å². The molecule has 80 valence electrons. The van der Waals surface area contributed by atoms with Crippen LogP contribution in [0.15, 0.2) is 24.5 Å². The smallest absolute Gasteiger partial charge is 0.224 e. The Kier molecular flexibility index (Phi) is 4.03. The minimum atomic E-state index is 0.633. The van der Waals surface area contributed by atoms with E-state index in [2.05, 4.69) is 9.97 Å². The van der Waals surface area contributed by atoms with Crippen molar-refractivity contribution in [2.75, 3.05) is 7.11 Å². The first-order valence-electron chi connectivity index (χ1n) is 5.06. The van der Waals surface area contributed by atoms with Gasteiger partial charge in [0.05, 0.1) is 18.0 Å². The van der Waals surface area contributed by atoms with Crippen LogP contribution in [0.1, 0.15) is 19.4 Å². The van der Waals surface area contributed by atoms with Gasteiger partial charge >= 0.3 is 0 Å². The molecule has 0 N–H and O–H groups in total. The minimum Gasteiger partial charge on any atom is -0.480 e.